The lowest BCUT2D eigenvalue weighted by atomic mass is 9.85. The van der Waals surface area contributed by atoms with Gasteiger partial charge in [0.15, 0.2) is 5.82 Å². The lowest BCUT2D eigenvalue weighted by Gasteiger charge is -2.20. The molecule has 5 rings (SSSR count). The zero-order chi connectivity index (χ0) is 18.2. The molecule has 4 aromatic rings. The van der Waals surface area contributed by atoms with Crippen molar-refractivity contribution in [3.8, 4) is 0 Å². The van der Waals surface area contributed by atoms with Gasteiger partial charge in [-0.15, -0.1) is 10.2 Å². The predicted molar refractivity (Wildman–Crippen MR) is 106 cm³/mol. The molecular formula is C22H22N4O. The van der Waals surface area contributed by atoms with Crippen LogP contribution >= 0.6 is 0 Å². The van der Waals surface area contributed by atoms with Crippen molar-refractivity contribution < 1.29 is 4.74 Å². The number of H-pyrrole nitrogens is 1. The van der Waals surface area contributed by atoms with Crippen molar-refractivity contribution >= 4 is 21.5 Å². The Bertz CT molecular complexity index is 1120. The van der Waals surface area contributed by atoms with Gasteiger partial charge in [0.05, 0.1) is 6.61 Å². The smallest absolute Gasteiger partial charge is 0.178 e. The number of aromatic nitrogens is 4. The first-order chi connectivity index (χ1) is 13.3. The lowest BCUT2D eigenvalue weighted by Crippen LogP contribution is -2.04. The summed E-state index contributed by atoms with van der Waals surface area (Å²) < 4.78 is 5.54. The highest BCUT2D eigenvalue weighted by molar-refractivity contribution is 6.10. The van der Waals surface area contributed by atoms with Gasteiger partial charge in [-0.25, -0.2) is 0 Å². The van der Waals surface area contributed by atoms with Crippen LogP contribution in [-0.2, 0) is 30.6 Å². The van der Waals surface area contributed by atoms with Gasteiger partial charge < -0.3 is 4.74 Å². The second-order valence-corrected chi connectivity index (χ2v) is 7.36. The van der Waals surface area contributed by atoms with E-state index in [4.69, 9.17) is 4.74 Å². The lowest BCUT2D eigenvalue weighted by molar-refractivity contribution is 0.186. The predicted octanol–water partition coefficient (Wildman–Crippen LogP) is 4.12. The van der Waals surface area contributed by atoms with Crippen LogP contribution in [0.4, 0.5) is 0 Å². The van der Waals surface area contributed by atoms with E-state index in [1.807, 2.05) is 0 Å². The number of methoxy groups -OCH3 is 1. The molecule has 0 saturated carbocycles. The van der Waals surface area contributed by atoms with Gasteiger partial charge in [0, 0.05) is 13.5 Å². The first-order valence-electron chi connectivity index (χ1n) is 9.54. The van der Waals surface area contributed by atoms with Crippen LogP contribution < -0.4 is 0 Å². The Kier molecular flexibility index (Phi) is 4.09. The van der Waals surface area contributed by atoms with E-state index in [0.29, 0.717) is 18.9 Å². The first kappa shape index (κ1) is 16.4. The maximum Gasteiger partial charge on any atom is 0.178 e. The molecule has 1 aliphatic carbocycles. The summed E-state index contributed by atoms with van der Waals surface area (Å²) >= 11 is 0. The quantitative estimate of drug-likeness (QED) is 0.557. The number of fused-ring (bicyclic) bond motifs is 5. The molecule has 0 atom stereocenters. The Morgan fingerprint density at radius 1 is 0.963 bits per heavy atom. The van der Waals surface area contributed by atoms with E-state index in [0.717, 1.165) is 0 Å². The molecule has 5 nitrogen and oxygen atoms in total. The fourth-order valence-electron chi connectivity index (χ4n) is 4.43. The summed E-state index contributed by atoms with van der Waals surface area (Å²) in [5.74, 6) is 0.706. The van der Waals surface area contributed by atoms with Crippen LogP contribution in [0.25, 0.3) is 21.5 Å². The Morgan fingerprint density at radius 2 is 1.81 bits per heavy atom. The third-order valence-electron chi connectivity index (χ3n) is 5.67. The fourth-order valence-corrected chi connectivity index (χ4v) is 4.43. The van der Waals surface area contributed by atoms with E-state index in [1.54, 1.807) is 7.11 Å². The van der Waals surface area contributed by atoms with E-state index in [9.17, 15) is 0 Å². The molecule has 0 radical (unpaired) electrons. The number of hydrogen-bond acceptors (Lipinski definition) is 4. The van der Waals surface area contributed by atoms with Gasteiger partial charge in [-0.05, 0) is 75.5 Å². The van der Waals surface area contributed by atoms with Gasteiger partial charge in [-0.1, -0.05) is 35.5 Å². The molecule has 0 unspecified atom stereocenters. The molecule has 0 amide bonds. The number of aromatic amines is 1. The second-order valence-electron chi connectivity index (χ2n) is 7.36. The van der Waals surface area contributed by atoms with Crippen LogP contribution in [0.1, 0.15) is 40.9 Å². The highest BCUT2D eigenvalue weighted by Crippen LogP contribution is 2.36. The van der Waals surface area contributed by atoms with Crippen molar-refractivity contribution in [3.05, 3.63) is 64.5 Å². The maximum atomic E-state index is 5.54. The average molecular weight is 358 g/mol. The van der Waals surface area contributed by atoms with Crippen molar-refractivity contribution in [2.24, 2.45) is 0 Å². The Hall–Kier alpha value is -2.79. The summed E-state index contributed by atoms with van der Waals surface area (Å²) in [6.07, 6.45) is 5.64. The van der Waals surface area contributed by atoms with Gasteiger partial charge in [0.25, 0.3) is 0 Å². The summed E-state index contributed by atoms with van der Waals surface area (Å²) in [5.41, 5.74) is 5.48. The van der Waals surface area contributed by atoms with Crippen LogP contribution in [0.3, 0.4) is 0 Å². The maximum absolute atomic E-state index is 5.54. The molecule has 3 aromatic carbocycles. The normalized spacial score (nSPS) is 14.0. The highest BCUT2D eigenvalue weighted by Gasteiger charge is 2.16. The number of rotatable bonds is 4. The van der Waals surface area contributed by atoms with E-state index >= 15 is 0 Å². The van der Waals surface area contributed by atoms with Gasteiger partial charge in [-0.3, -0.25) is 0 Å². The van der Waals surface area contributed by atoms with Crippen molar-refractivity contribution in [1.82, 2.24) is 20.6 Å². The molecule has 27 heavy (non-hydrogen) atoms. The Balaban J connectivity index is 1.72. The van der Waals surface area contributed by atoms with E-state index < -0.39 is 0 Å². The van der Waals surface area contributed by atoms with Crippen molar-refractivity contribution in [1.29, 1.82) is 0 Å². The highest BCUT2D eigenvalue weighted by atomic mass is 16.5. The van der Waals surface area contributed by atoms with Crippen LogP contribution in [0.15, 0.2) is 36.4 Å². The standard InChI is InChI=1S/C22H22N4O/c1-27-13-16-12-21-17-5-3-2-4-15(17)7-9-19(21)18-8-6-14(10-20(16)18)11-22-23-25-26-24-22/h6-10,12H,2-5,11,13H2,1H3,(H,23,24,25,26). The molecule has 0 fully saturated rings. The van der Waals surface area contributed by atoms with E-state index in [-0.39, 0.29) is 0 Å². The summed E-state index contributed by atoms with van der Waals surface area (Å²) in [5, 5.41) is 19.6. The summed E-state index contributed by atoms with van der Waals surface area (Å²) in [4.78, 5) is 0. The van der Waals surface area contributed by atoms with Crippen LogP contribution in [-0.4, -0.2) is 27.7 Å². The van der Waals surface area contributed by atoms with E-state index in [1.165, 1.54) is 69.5 Å². The molecule has 1 aliphatic rings. The Morgan fingerprint density at radius 3 is 2.67 bits per heavy atom. The molecule has 1 heterocycles. The SMILES string of the molecule is COCc1cc2c3c(ccc2c2ccc(Cc4nn[nH]n4)cc12)CCCC3. The topological polar surface area (TPSA) is 63.7 Å². The minimum atomic E-state index is 0.613. The zero-order valence-electron chi connectivity index (χ0n) is 15.5. The number of hydrogen-bond donors (Lipinski definition) is 1. The van der Waals surface area contributed by atoms with Crippen molar-refractivity contribution in [2.75, 3.05) is 7.11 Å². The number of ether oxygens (including phenoxy) is 1. The molecule has 0 spiro atoms. The number of aryl methyl sites for hydroxylation is 2. The van der Waals surface area contributed by atoms with Gasteiger partial charge in [0.2, 0.25) is 0 Å². The average Bonchev–Trinajstić information content (AvgIpc) is 3.21. The molecule has 0 saturated heterocycles. The molecule has 1 aromatic heterocycles. The van der Waals surface area contributed by atoms with Crippen LogP contribution in [0, 0.1) is 0 Å². The minimum Gasteiger partial charge on any atom is -0.380 e. The summed E-state index contributed by atoms with van der Waals surface area (Å²) in [6.45, 7) is 0.613. The van der Waals surface area contributed by atoms with Crippen LogP contribution in [0.2, 0.25) is 0 Å². The molecule has 1 N–H and O–H groups in total. The van der Waals surface area contributed by atoms with Gasteiger partial charge in [-0.2, -0.15) is 5.21 Å². The monoisotopic (exact) mass is 358 g/mol. The summed E-state index contributed by atoms with van der Waals surface area (Å²) in [7, 11) is 1.76. The number of benzene rings is 3. The molecule has 0 aliphatic heterocycles. The number of nitrogens with one attached hydrogen (secondary N) is 1. The van der Waals surface area contributed by atoms with E-state index in [2.05, 4.69) is 57.0 Å². The molecular weight excluding hydrogens is 336 g/mol. The third-order valence-corrected chi connectivity index (χ3v) is 5.67. The molecule has 0 bridgehead atoms. The first-order valence-corrected chi connectivity index (χ1v) is 9.54. The largest absolute Gasteiger partial charge is 0.380 e. The van der Waals surface area contributed by atoms with Crippen molar-refractivity contribution in [2.45, 2.75) is 38.7 Å². The van der Waals surface area contributed by atoms with Gasteiger partial charge >= 0.3 is 0 Å². The third kappa shape index (κ3) is 2.88. The zero-order valence-corrected chi connectivity index (χ0v) is 15.5. The second kappa shape index (κ2) is 6.74. The van der Waals surface area contributed by atoms with Gasteiger partial charge in [0.1, 0.15) is 0 Å². The summed E-state index contributed by atoms with van der Waals surface area (Å²) in [6, 6.07) is 13.6. The fraction of sp³-hybridized carbons (Fsp3) is 0.318. The minimum absolute atomic E-state index is 0.613. The van der Waals surface area contributed by atoms with Crippen LogP contribution in [0.5, 0.6) is 0 Å². The Labute approximate surface area is 157 Å². The number of nitrogens with zero attached hydrogens (tertiary/aromatic N) is 3. The number of tetrazole rings is 1. The molecule has 5 heteroatoms. The van der Waals surface area contributed by atoms with Crippen molar-refractivity contribution in [3.63, 3.8) is 0 Å². The molecule has 136 valence electrons.